The summed E-state index contributed by atoms with van der Waals surface area (Å²) in [7, 11) is 1.60. The summed E-state index contributed by atoms with van der Waals surface area (Å²) in [6.45, 7) is 0.712. The van der Waals surface area contributed by atoms with E-state index in [1.54, 1.807) is 7.11 Å². The molecule has 0 unspecified atom stereocenters. The predicted octanol–water partition coefficient (Wildman–Crippen LogP) is 2.18. The molecule has 2 heterocycles. The molecule has 0 aliphatic heterocycles. The van der Waals surface area contributed by atoms with E-state index >= 15 is 0 Å². The number of benzene rings is 2. The minimum Gasteiger partial charge on any atom is -0.497 e. The predicted molar refractivity (Wildman–Crippen MR) is 106 cm³/mol. The van der Waals surface area contributed by atoms with Gasteiger partial charge in [-0.05, 0) is 22.9 Å². The number of nitrogens with one attached hydrogen (secondary N) is 1. The first-order valence-corrected chi connectivity index (χ1v) is 9.59. The van der Waals surface area contributed by atoms with Crippen LogP contribution in [0.3, 0.4) is 0 Å². The molecule has 0 saturated carbocycles. The first-order chi connectivity index (χ1) is 14.2. The third-order valence-electron chi connectivity index (χ3n) is 4.01. The van der Waals surface area contributed by atoms with Crippen LogP contribution in [-0.4, -0.2) is 43.4 Å². The summed E-state index contributed by atoms with van der Waals surface area (Å²) in [5.41, 5.74) is 1.82. The van der Waals surface area contributed by atoms with E-state index < -0.39 is 0 Å². The van der Waals surface area contributed by atoms with Gasteiger partial charge in [0.05, 0.1) is 7.11 Å². The quantitative estimate of drug-likeness (QED) is 0.500. The molecule has 0 radical (unpaired) electrons. The number of tetrazole rings is 1. The van der Waals surface area contributed by atoms with E-state index in [-0.39, 0.29) is 12.5 Å². The van der Waals surface area contributed by atoms with Crippen LogP contribution in [0.25, 0.3) is 11.4 Å². The molecule has 1 N–H and O–H groups in total. The van der Waals surface area contributed by atoms with Gasteiger partial charge in [0.2, 0.25) is 10.8 Å². The van der Waals surface area contributed by atoms with E-state index in [1.165, 1.54) is 16.1 Å². The van der Waals surface area contributed by atoms with Gasteiger partial charge in [-0.1, -0.05) is 53.8 Å². The number of hydrogen-bond acceptors (Lipinski definition) is 8. The van der Waals surface area contributed by atoms with Crippen LogP contribution in [0.5, 0.6) is 5.75 Å². The number of nitrogens with zero attached hydrogens (tertiary/aromatic N) is 6. The van der Waals surface area contributed by atoms with E-state index in [2.05, 4.69) is 30.9 Å². The van der Waals surface area contributed by atoms with Crippen LogP contribution < -0.4 is 10.1 Å². The monoisotopic (exact) mass is 407 g/mol. The van der Waals surface area contributed by atoms with Gasteiger partial charge in [0.1, 0.15) is 17.3 Å². The van der Waals surface area contributed by atoms with Gasteiger partial charge in [0.15, 0.2) is 0 Å². The van der Waals surface area contributed by atoms with Crippen molar-refractivity contribution in [1.29, 1.82) is 0 Å². The van der Waals surface area contributed by atoms with Crippen molar-refractivity contribution in [1.82, 2.24) is 35.7 Å². The van der Waals surface area contributed by atoms with E-state index in [0.29, 0.717) is 28.1 Å². The molecule has 0 atom stereocenters. The van der Waals surface area contributed by atoms with Gasteiger partial charge in [0.25, 0.3) is 5.91 Å². The van der Waals surface area contributed by atoms with Crippen molar-refractivity contribution in [2.24, 2.45) is 0 Å². The Morgan fingerprint density at radius 1 is 1.10 bits per heavy atom. The molecule has 0 fully saturated rings. The average molecular weight is 407 g/mol. The van der Waals surface area contributed by atoms with Crippen LogP contribution in [0.1, 0.15) is 20.4 Å². The van der Waals surface area contributed by atoms with Gasteiger partial charge in [-0.2, -0.15) is 4.80 Å². The number of rotatable bonds is 7. The third-order valence-corrected chi connectivity index (χ3v) is 4.92. The zero-order chi connectivity index (χ0) is 20.1. The van der Waals surface area contributed by atoms with Gasteiger partial charge >= 0.3 is 0 Å². The lowest BCUT2D eigenvalue weighted by molar-refractivity contribution is 0.0950. The first kappa shape index (κ1) is 18.7. The van der Waals surface area contributed by atoms with Crippen LogP contribution in [-0.2, 0) is 13.1 Å². The summed E-state index contributed by atoms with van der Waals surface area (Å²) < 4.78 is 5.21. The number of methoxy groups -OCH3 is 1. The van der Waals surface area contributed by atoms with Gasteiger partial charge in [0, 0.05) is 12.1 Å². The Morgan fingerprint density at radius 3 is 2.79 bits per heavy atom. The number of aromatic nitrogens is 6. The standard InChI is InChI=1S/C19H17N7O2S/c1-28-15-9-5-8-14(10-15)17-22-25-26(24-17)12-16-21-23-19(29-16)18(27)20-11-13-6-3-2-4-7-13/h2-10H,11-12H2,1H3,(H,20,27). The highest BCUT2D eigenvalue weighted by Gasteiger charge is 2.14. The second-order valence-corrected chi connectivity index (χ2v) is 7.11. The molecular weight excluding hydrogens is 390 g/mol. The van der Waals surface area contributed by atoms with Gasteiger partial charge < -0.3 is 10.1 Å². The van der Waals surface area contributed by atoms with Crippen molar-refractivity contribution >= 4 is 17.2 Å². The third kappa shape index (κ3) is 4.61. The van der Waals surface area contributed by atoms with Gasteiger partial charge in [-0.25, -0.2) is 0 Å². The molecule has 10 heteroatoms. The summed E-state index contributed by atoms with van der Waals surface area (Å²) in [6, 6.07) is 17.1. The molecule has 2 aromatic heterocycles. The maximum atomic E-state index is 12.3. The van der Waals surface area contributed by atoms with Crippen molar-refractivity contribution in [2.75, 3.05) is 7.11 Å². The molecule has 146 valence electrons. The van der Waals surface area contributed by atoms with Crippen LogP contribution in [0, 0.1) is 0 Å². The molecule has 29 heavy (non-hydrogen) atoms. The van der Waals surface area contributed by atoms with Crippen molar-refractivity contribution < 1.29 is 9.53 Å². The lowest BCUT2D eigenvalue weighted by Crippen LogP contribution is -2.22. The van der Waals surface area contributed by atoms with Crippen molar-refractivity contribution in [3.05, 3.63) is 70.2 Å². The minimum atomic E-state index is -0.263. The Balaban J connectivity index is 1.39. The molecule has 0 bridgehead atoms. The van der Waals surface area contributed by atoms with Crippen LogP contribution in [0.4, 0.5) is 0 Å². The largest absolute Gasteiger partial charge is 0.497 e. The Hall–Kier alpha value is -3.66. The summed E-state index contributed by atoms with van der Waals surface area (Å²) in [5, 5.41) is 24.2. The number of ether oxygens (including phenoxy) is 1. The second kappa shape index (κ2) is 8.57. The number of amides is 1. The van der Waals surface area contributed by atoms with Crippen molar-refractivity contribution in [3.8, 4) is 17.1 Å². The van der Waals surface area contributed by atoms with E-state index in [0.717, 1.165) is 11.1 Å². The Morgan fingerprint density at radius 2 is 1.97 bits per heavy atom. The summed E-state index contributed by atoms with van der Waals surface area (Å²) in [4.78, 5) is 13.7. The number of hydrogen-bond donors (Lipinski definition) is 1. The average Bonchev–Trinajstić information content (AvgIpc) is 3.43. The highest BCUT2D eigenvalue weighted by atomic mass is 32.1. The summed E-state index contributed by atoms with van der Waals surface area (Å²) >= 11 is 1.20. The smallest absolute Gasteiger partial charge is 0.282 e. The fourth-order valence-corrected chi connectivity index (χ4v) is 3.30. The minimum absolute atomic E-state index is 0.263. The fourth-order valence-electron chi connectivity index (χ4n) is 2.57. The van der Waals surface area contributed by atoms with Crippen LogP contribution in [0.2, 0.25) is 0 Å². The SMILES string of the molecule is COc1cccc(-c2nnn(Cc3nnc(C(=O)NCc4ccccc4)s3)n2)c1. The molecule has 4 aromatic rings. The maximum Gasteiger partial charge on any atom is 0.282 e. The maximum absolute atomic E-state index is 12.3. The summed E-state index contributed by atoms with van der Waals surface area (Å²) in [6.07, 6.45) is 0. The Labute approximate surface area is 170 Å². The van der Waals surface area contributed by atoms with Crippen LogP contribution in [0.15, 0.2) is 54.6 Å². The zero-order valence-corrected chi connectivity index (χ0v) is 16.3. The molecule has 2 aromatic carbocycles. The van der Waals surface area contributed by atoms with E-state index in [1.807, 2.05) is 54.6 Å². The molecule has 0 aliphatic rings. The van der Waals surface area contributed by atoms with Gasteiger partial charge in [-0.3, -0.25) is 4.79 Å². The first-order valence-electron chi connectivity index (χ1n) is 8.78. The molecular formula is C19H17N7O2S. The lowest BCUT2D eigenvalue weighted by Gasteiger charge is -2.02. The molecule has 9 nitrogen and oxygen atoms in total. The Kier molecular flexibility index (Phi) is 5.52. The molecule has 4 rings (SSSR count). The zero-order valence-electron chi connectivity index (χ0n) is 15.5. The summed E-state index contributed by atoms with van der Waals surface area (Å²) in [5.74, 6) is 0.935. The molecule has 0 aliphatic carbocycles. The number of carbonyl (C=O) groups is 1. The van der Waals surface area contributed by atoms with Crippen molar-refractivity contribution in [3.63, 3.8) is 0 Å². The molecule has 1 amide bonds. The normalized spacial score (nSPS) is 10.7. The number of carbonyl (C=O) groups excluding carboxylic acids is 1. The second-order valence-electron chi connectivity index (χ2n) is 6.04. The van der Waals surface area contributed by atoms with Gasteiger partial charge in [-0.15, -0.1) is 20.4 Å². The highest BCUT2D eigenvalue weighted by Crippen LogP contribution is 2.20. The topological polar surface area (TPSA) is 108 Å². The van der Waals surface area contributed by atoms with E-state index in [9.17, 15) is 4.79 Å². The lowest BCUT2D eigenvalue weighted by atomic mass is 10.2. The molecule has 0 spiro atoms. The van der Waals surface area contributed by atoms with E-state index in [4.69, 9.17) is 4.74 Å². The fraction of sp³-hybridized carbons (Fsp3) is 0.158. The Bertz CT molecular complexity index is 1110. The van der Waals surface area contributed by atoms with Crippen molar-refractivity contribution in [2.45, 2.75) is 13.1 Å². The van der Waals surface area contributed by atoms with Crippen LogP contribution >= 0.6 is 11.3 Å². The molecule has 0 saturated heterocycles. The highest BCUT2D eigenvalue weighted by molar-refractivity contribution is 7.13.